The molecule has 2 N–H and O–H groups in total. The Balaban J connectivity index is 1.51. The van der Waals surface area contributed by atoms with Gasteiger partial charge >= 0.3 is 6.01 Å². The molecule has 0 atom stereocenters. The maximum absolute atomic E-state index is 11.8. The third-order valence-corrected chi connectivity index (χ3v) is 3.57. The average Bonchev–Trinajstić information content (AvgIpc) is 3.30. The van der Waals surface area contributed by atoms with Crippen molar-refractivity contribution in [1.29, 1.82) is 0 Å². The summed E-state index contributed by atoms with van der Waals surface area (Å²) in [5.41, 5.74) is 0.915. The van der Waals surface area contributed by atoms with E-state index in [0.717, 1.165) is 12.1 Å². The Morgan fingerprint density at radius 3 is 2.96 bits per heavy atom. The summed E-state index contributed by atoms with van der Waals surface area (Å²) >= 11 is 0. The zero-order valence-electron chi connectivity index (χ0n) is 13.0. The Hall–Kier alpha value is -2.57. The number of rotatable bonds is 8. The SMILES string of the molecule is Cc1noc(NCc2ccccc2OCC(=O)NCC2CC2)n1. The van der Waals surface area contributed by atoms with Gasteiger partial charge in [0.05, 0.1) is 0 Å². The topological polar surface area (TPSA) is 89.3 Å². The van der Waals surface area contributed by atoms with Crippen molar-refractivity contribution in [1.82, 2.24) is 15.5 Å². The molecule has 3 rings (SSSR count). The number of aryl methyl sites for hydroxylation is 1. The minimum atomic E-state index is -0.0906. The van der Waals surface area contributed by atoms with Gasteiger partial charge < -0.3 is 19.9 Å². The molecule has 0 spiro atoms. The second-order valence-electron chi connectivity index (χ2n) is 5.64. The molecule has 1 fully saturated rings. The van der Waals surface area contributed by atoms with Crippen molar-refractivity contribution in [2.24, 2.45) is 5.92 Å². The van der Waals surface area contributed by atoms with Crippen LogP contribution in [0.4, 0.5) is 6.01 Å². The summed E-state index contributed by atoms with van der Waals surface area (Å²) in [6.07, 6.45) is 2.43. The van der Waals surface area contributed by atoms with Gasteiger partial charge in [0.1, 0.15) is 5.75 Å². The highest BCUT2D eigenvalue weighted by Gasteiger charge is 2.21. The number of ether oxygens (including phenoxy) is 1. The van der Waals surface area contributed by atoms with E-state index < -0.39 is 0 Å². The highest BCUT2D eigenvalue weighted by atomic mass is 16.5. The van der Waals surface area contributed by atoms with Gasteiger partial charge in [-0.25, -0.2) is 0 Å². The molecular weight excluding hydrogens is 296 g/mol. The first kappa shape index (κ1) is 15.3. The summed E-state index contributed by atoms with van der Waals surface area (Å²) < 4.78 is 10.6. The molecule has 0 aliphatic heterocycles. The van der Waals surface area contributed by atoms with Crippen LogP contribution in [-0.2, 0) is 11.3 Å². The number of carbonyl (C=O) groups is 1. The largest absolute Gasteiger partial charge is 0.483 e. The van der Waals surface area contributed by atoms with Crippen LogP contribution in [0.2, 0.25) is 0 Å². The second-order valence-corrected chi connectivity index (χ2v) is 5.64. The maximum atomic E-state index is 11.8. The lowest BCUT2D eigenvalue weighted by atomic mass is 10.2. The number of benzene rings is 1. The number of hydrogen-bond donors (Lipinski definition) is 2. The average molecular weight is 316 g/mol. The third-order valence-electron chi connectivity index (χ3n) is 3.57. The first-order chi connectivity index (χ1) is 11.2. The number of nitrogens with one attached hydrogen (secondary N) is 2. The van der Waals surface area contributed by atoms with Crippen LogP contribution in [0.3, 0.4) is 0 Å². The fourth-order valence-corrected chi connectivity index (χ4v) is 2.10. The Morgan fingerprint density at radius 1 is 1.39 bits per heavy atom. The summed E-state index contributed by atoms with van der Waals surface area (Å²) in [6, 6.07) is 7.91. The summed E-state index contributed by atoms with van der Waals surface area (Å²) in [5.74, 6) is 1.81. The summed E-state index contributed by atoms with van der Waals surface area (Å²) in [4.78, 5) is 15.8. The summed E-state index contributed by atoms with van der Waals surface area (Å²) in [6.45, 7) is 3.00. The first-order valence-corrected chi connectivity index (χ1v) is 7.72. The second kappa shape index (κ2) is 7.13. The van der Waals surface area contributed by atoms with E-state index in [-0.39, 0.29) is 12.5 Å². The molecule has 0 saturated heterocycles. The molecule has 122 valence electrons. The number of aromatic nitrogens is 2. The number of anilines is 1. The Kier molecular flexibility index (Phi) is 4.75. The minimum absolute atomic E-state index is 0.0173. The molecule has 0 unspecified atom stereocenters. The molecule has 0 radical (unpaired) electrons. The smallest absolute Gasteiger partial charge is 0.321 e. The van der Waals surface area contributed by atoms with Gasteiger partial charge in [-0.15, -0.1) is 0 Å². The van der Waals surface area contributed by atoms with Gasteiger partial charge in [-0.1, -0.05) is 23.4 Å². The number of carbonyl (C=O) groups excluding carboxylic acids is 1. The van der Waals surface area contributed by atoms with E-state index in [9.17, 15) is 4.79 Å². The predicted molar refractivity (Wildman–Crippen MR) is 84.0 cm³/mol. The van der Waals surface area contributed by atoms with Crippen LogP contribution in [0.1, 0.15) is 24.2 Å². The van der Waals surface area contributed by atoms with E-state index in [2.05, 4.69) is 20.8 Å². The number of amides is 1. The standard InChI is InChI=1S/C16H20N4O3/c1-11-19-16(23-20-11)18-9-13-4-2-3-5-14(13)22-10-15(21)17-8-12-6-7-12/h2-5,12H,6-10H2,1H3,(H,17,21)(H,18,19,20). The summed E-state index contributed by atoms with van der Waals surface area (Å²) in [5, 5.41) is 9.64. The fourth-order valence-electron chi connectivity index (χ4n) is 2.10. The zero-order chi connectivity index (χ0) is 16.1. The van der Waals surface area contributed by atoms with Gasteiger partial charge in [-0.3, -0.25) is 4.79 Å². The molecule has 1 amide bonds. The highest BCUT2D eigenvalue weighted by Crippen LogP contribution is 2.27. The van der Waals surface area contributed by atoms with Crippen LogP contribution in [0.25, 0.3) is 0 Å². The highest BCUT2D eigenvalue weighted by molar-refractivity contribution is 5.77. The summed E-state index contributed by atoms with van der Waals surface area (Å²) in [7, 11) is 0. The van der Waals surface area contributed by atoms with Gasteiger partial charge in [0, 0.05) is 18.7 Å². The molecule has 1 aromatic heterocycles. The van der Waals surface area contributed by atoms with Crippen LogP contribution in [0, 0.1) is 12.8 Å². The van der Waals surface area contributed by atoms with Crippen molar-refractivity contribution in [3.05, 3.63) is 35.7 Å². The molecule has 7 heteroatoms. The molecule has 1 saturated carbocycles. The van der Waals surface area contributed by atoms with Crippen LogP contribution in [0.5, 0.6) is 5.75 Å². The zero-order valence-corrected chi connectivity index (χ0v) is 13.0. The van der Waals surface area contributed by atoms with Gasteiger partial charge in [-0.2, -0.15) is 4.98 Å². The lowest BCUT2D eigenvalue weighted by Gasteiger charge is -2.11. The van der Waals surface area contributed by atoms with E-state index in [1.54, 1.807) is 6.92 Å². The van der Waals surface area contributed by atoms with Crippen molar-refractivity contribution >= 4 is 11.9 Å². The molecule has 7 nitrogen and oxygen atoms in total. The van der Waals surface area contributed by atoms with E-state index in [4.69, 9.17) is 9.26 Å². The van der Waals surface area contributed by atoms with Crippen molar-refractivity contribution < 1.29 is 14.1 Å². The number of nitrogens with zero attached hydrogens (tertiary/aromatic N) is 2. The van der Waals surface area contributed by atoms with E-state index in [1.165, 1.54) is 12.8 Å². The van der Waals surface area contributed by atoms with Crippen molar-refractivity contribution in [2.45, 2.75) is 26.3 Å². The van der Waals surface area contributed by atoms with E-state index >= 15 is 0 Å². The van der Waals surface area contributed by atoms with Gasteiger partial charge in [0.15, 0.2) is 12.4 Å². The monoisotopic (exact) mass is 316 g/mol. The molecule has 2 aromatic rings. The molecular formula is C16H20N4O3. The van der Waals surface area contributed by atoms with Crippen LogP contribution in [0.15, 0.2) is 28.8 Å². The number of hydrogen-bond acceptors (Lipinski definition) is 6. The first-order valence-electron chi connectivity index (χ1n) is 7.72. The van der Waals surface area contributed by atoms with Gasteiger partial charge in [0.25, 0.3) is 5.91 Å². The quantitative estimate of drug-likeness (QED) is 0.773. The van der Waals surface area contributed by atoms with Crippen molar-refractivity contribution in [2.75, 3.05) is 18.5 Å². The Bertz CT molecular complexity index is 667. The van der Waals surface area contributed by atoms with Crippen LogP contribution >= 0.6 is 0 Å². The lowest BCUT2D eigenvalue weighted by molar-refractivity contribution is -0.123. The van der Waals surface area contributed by atoms with Crippen molar-refractivity contribution in [3.63, 3.8) is 0 Å². The fraction of sp³-hybridized carbons (Fsp3) is 0.438. The Morgan fingerprint density at radius 2 is 2.22 bits per heavy atom. The molecule has 23 heavy (non-hydrogen) atoms. The lowest BCUT2D eigenvalue weighted by Crippen LogP contribution is -2.30. The Labute approximate surface area is 134 Å². The molecule has 1 heterocycles. The minimum Gasteiger partial charge on any atom is -0.483 e. The van der Waals surface area contributed by atoms with Crippen LogP contribution < -0.4 is 15.4 Å². The van der Waals surface area contributed by atoms with Gasteiger partial charge in [-0.05, 0) is 31.7 Å². The number of para-hydroxylation sites is 1. The molecule has 1 aliphatic rings. The van der Waals surface area contributed by atoms with E-state index in [0.29, 0.717) is 30.1 Å². The van der Waals surface area contributed by atoms with Crippen molar-refractivity contribution in [3.8, 4) is 5.75 Å². The van der Waals surface area contributed by atoms with E-state index in [1.807, 2.05) is 24.3 Å². The third kappa shape index (κ3) is 4.70. The molecule has 1 aromatic carbocycles. The molecule has 0 bridgehead atoms. The maximum Gasteiger partial charge on any atom is 0.321 e. The predicted octanol–water partition coefficient (Wildman–Crippen LogP) is 1.90. The van der Waals surface area contributed by atoms with Crippen LogP contribution in [-0.4, -0.2) is 29.2 Å². The molecule has 1 aliphatic carbocycles. The normalized spacial score (nSPS) is 13.6. The van der Waals surface area contributed by atoms with Gasteiger partial charge in [0.2, 0.25) is 0 Å².